The maximum atomic E-state index is 12.8. The fourth-order valence-electron chi connectivity index (χ4n) is 3.89. The fraction of sp³-hybridized carbons (Fsp3) is 0.450. The predicted molar refractivity (Wildman–Crippen MR) is 109 cm³/mol. The van der Waals surface area contributed by atoms with Crippen molar-refractivity contribution < 1.29 is 14.4 Å². The molecule has 1 fully saturated rings. The number of nitrogens with zero attached hydrogens (tertiary/aromatic N) is 3. The Labute approximate surface area is 169 Å². The number of para-hydroxylation sites is 2. The first kappa shape index (κ1) is 19.0. The number of H-pyrrole nitrogens is 1. The molecule has 0 radical (unpaired) electrons. The van der Waals surface area contributed by atoms with E-state index in [2.05, 4.69) is 26.0 Å². The minimum absolute atomic E-state index is 0.279. The van der Waals surface area contributed by atoms with Crippen molar-refractivity contribution in [1.82, 2.24) is 14.6 Å². The molecule has 1 aliphatic rings. The number of hydrogen-bond donors (Lipinski definition) is 3. The van der Waals surface area contributed by atoms with Gasteiger partial charge in [0.15, 0.2) is 12.2 Å². The SMILES string of the molecule is CC[n+]1cc(Cl)c(C(=O)Nc2nc3ccccc3n2CC[NH+]2CCCCC2)[nH]1. The van der Waals surface area contributed by atoms with Crippen LogP contribution in [0.4, 0.5) is 5.95 Å². The van der Waals surface area contributed by atoms with Crippen molar-refractivity contribution in [3.63, 3.8) is 0 Å². The number of rotatable bonds is 6. The zero-order valence-electron chi connectivity index (χ0n) is 16.2. The van der Waals surface area contributed by atoms with Gasteiger partial charge in [-0.3, -0.25) is 10.1 Å². The number of amides is 1. The van der Waals surface area contributed by atoms with Crippen LogP contribution in [-0.4, -0.2) is 40.2 Å². The van der Waals surface area contributed by atoms with Crippen molar-refractivity contribution in [1.29, 1.82) is 0 Å². The lowest BCUT2D eigenvalue weighted by atomic mass is 10.1. The van der Waals surface area contributed by atoms with E-state index in [1.807, 2.05) is 25.1 Å². The molecule has 0 saturated carbocycles. The van der Waals surface area contributed by atoms with Gasteiger partial charge in [-0.15, -0.1) is 4.68 Å². The quantitative estimate of drug-likeness (QED) is 0.548. The van der Waals surface area contributed by atoms with E-state index in [-0.39, 0.29) is 5.91 Å². The first-order valence-electron chi connectivity index (χ1n) is 10.0. The summed E-state index contributed by atoms with van der Waals surface area (Å²) in [4.78, 5) is 19.1. The monoisotopic (exact) mass is 402 g/mol. The number of nitrogens with one attached hydrogen (secondary N) is 3. The van der Waals surface area contributed by atoms with E-state index in [9.17, 15) is 4.79 Å². The van der Waals surface area contributed by atoms with Crippen molar-refractivity contribution in [3.05, 3.63) is 41.2 Å². The number of aromatic amines is 1. The van der Waals surface area contributed by atoms with Gasteiger partial charge < -0.3 is 9.47 Å². The molecular formula is C20H27ClN6O+2. The molecule has 3 N–H and O–H groups in total. The van der Waals surface area contributed by atoms with Gasteiger partial charge in [0.05, 0.1) is 37.2 Å². The number of quaternary nitrogens is 1. The average molecular weight is 403 g/mol. The summed E-state index contributed by atoms with van der Waals surface area (Å²) in [6.45, 7) is 7.00. The molecule has 1 aliphatic heterocycles. The lowest BCUT2D eigenvalue weighted by Gasteiger charge is -2.24. The van der Waals surface area contributed by atoms with Crippen molar-refractivity contribution in [2.45, 2.75) is 39.3 Å². The molecule has 7 nitrogen and oxygen atoms in total. The van der Waals surface area contributed by atoms with Gasteiger partial charge in [0.25, 0.3) is 5.91 Å². The number of likely N-dealkylation sites (tertiary alicyclic amines) is 1. The Morgan fingerprint density at radius 1 is 1.32 bits per heavy atom. The van der Waals surface area contributed by atoms with Crippen LogP contribution in [0.1, 0.15) is 36.7 Å². The lowest BCUT2D eigenvalue weighted by Crippen LogP contribution is -3.13. The molecule has 1 amide bonds. The summed E-state index contributed by atoms with van der Waals surface area (Å²) in [5.41, 5.74) is 2.27. The molecule has 1 aromatic carbocycles. The average Bonchev–Trinajstić information content (AvgIpc) is 3.27. The highest BCUT2D eigenvalue weighted by molar-refractivity contribution is 6.33. The normalized spacial score (nSPS) is 15.2. The zero-order chi connectivity index (χ0) is 19.5. The van der Waals surface area contributed by atoms with E-state index in [0.717, 1.165) is 24.1 Å². The zero-order valence-corrected chi connectivity index (χ0v) is 16.9. The van der Waals surface area contributed by atoms with E-state index < -0.39 is 0 Å². The van der Waals surface area contributed by atoms with E-state index >= 15 is 0 Å². The number of carbonyl (C=O) groups excluding carboxylic acids is 1. The molecule has 3 aromatic rings. The molecule has 0 unspecified atom stereocenters. The van der Waals surface area contributed by atoms with E-state index in [0.29, 0.717) is 23.2 Å². The van der Waals surface area contributed by atoms with Gasteiger partial charge in [-0.05, 0) is 38.3 Å². The van der Waals surface area contributed by atoms with Crippen LogP contribution in [0, 0.1) is 0 Å². The first-order valence-corrected chi connectivity index (χ1v) is 10.4. The van der Waals surface area contributed by atoms with Gasteiger partial charge in [-0.1, -0.05) is 23.7 Å². The Morgan fingerprint density at radius 2 is 2.11 bits per heavy atom. The second-order valence-corrected chi connectivity index (χ2v) is 7.75. The highest BCUT2D eigenvalue weighted by atomic mass is 35.5. The number of aromatic nitrogens is 4. The first-order chi connectivity index (χ1) is 13.7. The Bertz CT molecular complexity index is 972. The van der Waals surface area contributed by atoms with Gasteiger partial charge in [0.1, 0.15) is 5.02 Å². The summed E-state index contributed by atoms with van der Waals surface area (Å²) in [5, 5.41) is 6.38. The largest absolute Gasteiger partial charge is 0.333 e. The van der Waals surface area contributed by atoms with Crippen LogP contribution < -0.4 is 14.9 Å². The van der Waals surface area contributed by atoms with E-state index in [4.69, 9.17) is 11.6 Å². The maximum absolute atomic E-state index is 12.8. The van der Waals surface area contributed by atoms with Crippen LogP contribution in [0.2, 0.25) is 5.02 Å². The minimum Gasteiger partial charge on any atom is -0.333 e. The molecule has 0 atom stereocenters. The summed E-state index contributed by atoms with van der Waals surface area (Å²) in [6, 6.07) is 8.00. The molecule has 0 spiro atoms. The molecule has 8 heteroatoms. The fourth-order valence-corrected chi connectivity index (χ4v) is 4.14. The lowest BCUT2D eigenvalue weighted by molar-refractivity contribution is -0.905. The standard InChI is InChI=1S/C20H25ClN6O/c1-2-26-14-15(21)18(24-26)19(28)23-20-22-16-8-4-5-9-17(16)27(20)13-12-25-10-6-3-7-11-25/h4-5,8-9,14H,2-3,6-7,10-13H2,1H3,(H,22,23,28)/p+2. The van der Waals surface area contributed by atoms with Crippen LogP contribution >= 0.6 is 11.6 Å². The highest BCUT2D eigenvalue weighted by Crippen LogP contribution is 2.20. The van der Waals surface area contributed by atoms with Crippen LogP contribution in [0.25, 0.3) is 11.0 Å². The summed E-state index contributed by atoms with van der Waals surface area (Å²) < 4.78 is 3.89. The number of fused-ring (bicyclic) bond motifs is 1. The number of aryl methyl sites for hydroxylation is 1. The molecule has 4 rings (SSSR count). The predicted octanol–water partition coefficient (Wildman–Crippen LogP) is 1.65. The van der Waals surface area contributed by atoms with Gasteiger partial charge >= 0.3 is 0 Å². The molecule has 2 aromatic heterocycles. The number of benzene rings is 1. The highest BCUT2D eigenvalue weighted by Gasteiger charge is 2.22. The summed E-state index contributed by atoms with van der Waals surface area (Å²) >= 11 is 6.22. The number of halogens is 1. The summed E-state index contributed by atoms with van der Waals surface area (Å²) in [5.74, 6) is 0.287. The Morgan fingerprint density at radius 3 is 2.86 bits per heavy atom. The smallest absolute Gasteiger partial charge is 0.281 e. The van der Waals surface area contributed by atoms with Crippen molar-refractivity contribution in [2.24, 2.45) is 0 Å². The van der Waals surface area contributed by atoms with Gasteiger partial charge in [-0.2, -0.15) is 5.10 Å². The Hall–Kier alpha value is -2.38. The third kappa shape index (κ3) is 3.91. The van der Waals surface area contributed by atoms with Crippen LogP contribution in [0.5, 0.6) is 0 Å². The van der Waals surface area contributed by atoms with Crippen molar-refractivity contribution >= 4 is 34.5 Å². The summed E-state index contributed by atoms with van der Waals surface area (Å²) in [6.07, 6.45) is 5.66. The van der Waals surface area contributed by atoms with Gasteiger partial charge in [-0.25, -0.2) is 4.98 Å². The number of imidazole rings is 1. The second kappa shape index (κ2) is 8.32. The third-order valence-corrected chi connectivity index (χ3v) is 5.75. The Balaban J connectivity index is 1.58. The topological polar surface area (TPSA) is 71.0 Å². The second-order valence-electron chi connectivity index (χ2n) is 7.34. The molecule has 0 aliphatic carbocycles. The van der Waals surface area contributed by atoms with Crippen LogP contribution in [-0.2, 0) is 13.1 Å². The maximum Gasteiger partial charge on any atom is 0.281 e. The molecule has 1 saturated heterocycles. The van der Waals surface area contributed by atoms with Crippen LogP contribution in [0.15, 0.2) is 30.5 Å². The summed E-state index contributed by atoms with van der Waals surface area (Å²) in [7, 11) is 0. The van der Waals surface area contributed by atoms with Crippen molar-refractivity contribution in [3.8, 4) is 0 Å². The van der Waals surface area contributed by atoms with E-state index in [1.165, 1.54) is 32.4 Å². The molecule has 148 valence electrons. The van der Waals surface area contributed by atoms with Gasteiger partial charge in [0, 0.05) is 0 Å². The minimum atomic E-state index is -0.279. The third-order valence-electron chi connectivity index (χ3n) is 5.46. The van der Waals surface area contributed by atoms with E-state index in [1.54, 1.807) is 15.8 Å². The van der Waals surface area contributed by atoms with Crippen molar-refractivity contribution in [2.75, 3.05) is 25.0 Å². The number of carbonyl (C=O) groups is 1. The Kier molecular flexibility index (Phi) is 5.64. The number of hydrogen-bond acceptors (Lipinski definition) is 2. The number of anilines is 1. The number of piperidine rings is 1. The molecule has 28 heavy (non-hydrogen) atoms. The van der Waals surface area contributed by atoms with Gasteiger partial charge in [0.2, 0.25) is 12.1 Å². The van der Waals surface area contributed by atoms with Crippen LogP contribution in [0.3, 0.4) is 0 Å². The molecule has 3 heterocycles. The molecule has 0 bridgehead atoms. The molecular weight excluding hydrogens is 376 g/mol.